The molecule has 3 aromatic rings. The maximum absolute atomic E-state index is 11.2. The van der Waals surface area contributed by atoms with Gasteiger partial charge in [0, 0.05) is 17.7 Å². The van der Waals surface area contributed by atoms with Gasteiger partial charge in [0.15, 0.2) is 11.5 Å². The Balaban J connectivity index is 1.94. The molecule has 2 heterocycles. The van der Waals surface area contributed by atoms with E-state index in [9.17, 15) is 15.4 Å². The van der Waals surface area contributed by atoms with Crippen molar-refractivity contribution in [2.75, 3.05) is 14.2 Å². The van der Waals surface area contributed by atoms with Crippen LogP contribution in [-0.4, -0.2) is 29.3 Å². The highest BCUT2D eigenvalue weighted by molar-refractivity contribution is 5.72. The number of nitrogens with two attached hydrogens (primary N) is 1. The molecule has 156 valence electrons. The molecule has 0 saturated heterocycles. The first-order valence-corrected chi connectivity index (χ1v) is 9.11. The molecule has 31 heavy (non-hydrogen) atoms. The molecule has 1 aliphatic heterocycles. The lowest BCUT2D eigenvalue weighted by Crippen LogP contribution is -2.21. The summed E-state index contributed by atoms with van der Waals surface area (Å²) in [5.41, 5.74) is 8.36. The first-order valence-electron chi connectivity index (χ1n) is 9.11. The van der Waals surface area contributed by atoms with Gasteiger partial charge in [-0.15, -0.1) is 5.10 Å². The number of H-pyrrole nitrogens is 1. The molecule has 10 nitrogen and oxygen atoms in total. The summed E-state index contributed by atoms with van der Waals surface area (Å²) in [6.07, 6.45) is 0. The van der Waals surface area contributed by atoms with Crippen molar-refractivity contribution in [2.45, 2.75) is 5.92 Å². The predicted molar refractivity (Wildman–Crippen MR) is 110 cm³/mol. The fraction of sp³-hybridized carbons (Fsp3) is 0.143. The van der Waals surface area contributed by atoms with Crippen LogP contribution in [0.5, 0.6) is 17.4 Å². The molecule has 0 bridgehead atoms. The van der Waals surface area contributed by atoms with Crippen LogP contribution in [0.3, 0.4) is 0 Å². The lowest BCUT2D eigenvalue weighted by molar-refractivity contribution is -0.384. The summed E-state index contributed by atoms with van der Waals surface area (Å²) in [5.74, 6) is 0.496. The first kappa shape index (κ1) is 19.8. The van der Waals surface area contributed by atoms with Crippen LogP contribution in [0.15, 0.2) is 53.9 Å². The quantitative estimate of drug-likeness (QED) is 0.473. The second-order valence-electron chi connectivity index (χ2n) is 6.66. The number of fused-ring (bicyclic) bond motifs is 1. The first-order chi connectivity index (χ1) is 15.0. The van der Waals surface area contributed by atoms with Crippen LogP contribution < -0.4 is 19.9 Å². The van der Waals surface area contributed by atoms with Gasteiger partial charge < -0.3 is 19.9 Å². The van der Waals surface area contributed by atoms with Crippen LogP contribution in [0.4, 0.5) is 5.69 Å². The number of rotatable bonds is 5. The van der Waals surface area contributed by atoms with Crippen LogP contribution >= 0.6 is 0 Å². The van der Waals surface area contributed by atoms with Gasteiger partial charge in [0.25, 0.3) is 5.69 Å². The third kappa shape index (κ3) is 3.28. The van der Waals surface area contributed by atoms with Crippen molar-refractivity contribution in [3.05, 3.63) is 75.2 Å². The molecule has 0 radical (unpaired) electrons. The number of ether oxygens (including phenoxy) is 3. The minimum Gasteiger partial charge on any atom is -0.493 e. The smallest absolute Gasteiger partial charge is 0.270 e. The Morgan fingerprint density at radius 1 is 1.23 bits per heavy atom. The molecule has 0 unspecified atom stereocenters. The second-order valence-corrected chi connectivity index (χ2v) is 6.66. The van der Waals surface area contributed by atoms with Gasteiger partial charge in [0.1, 0.15) is 11.6 Å². The van der Waals surface area contributed by atoms with Gasteiger partial charge in [-0.05, 0) is 17.7 Å². The lowest BCUT2D eigenvalue weighted by Gasteiger charge is -2.24. The Kier molecular flexibility index (Phi) is 4.92. The number of hydrogen-bond acceptors (Lipinski definition) is 8. The highest BCUT2D eigenvalue weighted by Gasteiger charge is 2.36. The van der Waals surface area contributed by atoms with Crippen LogP contribution in [0, 0.1) is 21.4 Å². The van der Waals surface area contributed by atoms with E-state index in [4.69, 9.17) is 19.9 Å². The van der Waals surface area contributed by atoms with Gasteiger partial charge in [-0.1, -0.05) is 18.2 Å². The van der Waals surface area contributed by atoms with Gasteiger partial charge >= 0.3 is 0 Å². The van der Waals surface area contributed by atoms with E-state index in [2.05, 4.69) is 16.3 Å². The van der Waals surface area contributed by atoms with E-state index in [0.29, 0.717) is 33.9 Å². The predicted octanol–water partition coefficient (Wildman–Crippen LogP) is 3.22. The Labute approximate surface area is 176 Å². The van der Waals surface area contributed by atoms with E-state index in [-0.39, 0.29) is 23.0 Å². The summed E-state index contributed by atoms with van der Waals surface area (Å²) in [6.45, 7) is 0. The number of nitro benzene ring substituents is 1. The normalized spacial score (nSPS) is 14.9. The van der Waals surface area contributed by atoms with Crippen molar-refractivity contribution in [3.8, 4) is 34.7 Å². The molecule has 2 aromatic carbocycles. The number of aromatic nitrogens is 2. The highest BCUT2D eigenvalue weighted by Crippen LogP contribution is 2.47. The van der Waals surface area contributed by atoms with E-state index in [0.717, 1.165) is 0 Å². The average molecular weight is 419 g/mol. The summed E-state index contributed by atoms with van der Waals surface area (Å²) in [7, 11) is 3.04. The van der Waals surface area contributed by atoms with Gasteiger partial charge in [-0.2, -0.15) is 5.26 Å². The Hall–Kier alpha value is -4.52. The van der Waals surface area contributed by atoms with Crippen molar-refractivity contribution in [2.24, 2.45) is 5.73 Å². The number of methoxy groups -OCH3 is 2. The zero-order valence-electron chi connectivity index (χ0n) is 16.6. The van der Waals surface area contributed by atoms with Crippen molar-refractivity contribution in [1.29, 1.82) is 5.26 Å². The van der Waals surface area contributed by atoms with Crippen molar-refractivity contribution in [3.63, 3.8) is 0 Å². The summed E-state index contributed by atoms with van der Waals surface area (Å²) < 4.78 is 16.3. The summed E-state index contributed by atoms with van der Waals surface area (Å²) >= 11 is 0. The maximum Gasteiger partial charge on any atom is 0.270 e. The van der Waals surface area contributed by atoms with E-state index >= 15 is 0 Å². The monoisotopic (exact) mass is 419 g/mol. The molecule has 0 amide bonds. The topological polar surface area (TPSA) is 149 Å². The highest BCUT2D eigenvalue weighted by atomic mass is 16.6. The largest absolute Gasteiger partial charge is 0.493 e. The number of nitrogens with one attached hydrogen (secondary N) is 1. The number of benzene rings is 2. The third-order valence-corrected chi connectivity index (χ3v) is 5.03. The van der Waals surface area contributed by atoms with E-state index < -0.39 is 10.8 Å². The fourth-order valence-electron chi connectivity index (χ4n) is 3.61. The maximum atomic E-state index is 11.2. The molecular weight excluding hydrogens is 402 g/mol. The van der Waals surface area contributed by atoms with Crippen molar-refractivity contribution < 1.29 is 19.1 Å². The van der Waals surface area contributed by atoms with E-state index in [1.54, 1.807) is 30.3 Å². The Bertz CT molecular complexity index is 1260. The minimum absolute atomic E-state index is 0.0631. The number of nitrogens with zero attached hydrogens (tertiary/aromatic N) is 3. The zero-order valence-corrected chi connectivity index (χ0v) is 16.6. The Morgan fingerprint density at radius 3 is 2.68 bits per heavy atom. The molecule has 4 rings (SSSR count). The number of allylic oxidation sites excluding steroid dienone is 1. The van der Waals surface area contributed by atoms with Gasteiger partial charge in [0.05, 0.1) is 36.3 Å². The van der Waals surface area contributed by atoms with Crippen LogP contribution in [-0.2, 0) is 0 Å². The van der Waals surface area contributed by atoms with Gasteiger partial charge in [-0.3, -0.25) is 15.2 Å². The molecular formula is C21H17N5O5. The standard InChI is InChI=1S/C21H17N5O5/c1-29-15-7-6-11(9-16(15)30-2)17-14(10-22)20(23)31-21-18(17)19(24-25-21)12-4-3-5-13(8-12)26(27)28/h3-9,17H,23H2,1-2H3,(H,24,25)/t17-/m1/s1. The van der Waals surface area contributed by atoms with Crippen LogP contribution in [0.25, 0.3) is 11.3 Å². The fourth-order valence-corrected chi connectivity index (χ4v) is 3.61. The van der Waals surface area contributed by atoms with E-state index in [1.807, 2.05) is 0 Å². The molecule has 3 N–H and O–H groups in total. The zero-order chi connectivity index (χ0) is 22.1. The number of nitriles is 1. The number of hydrogen-bond donors (Lipinski definition) is 2. The van der Waals surface area contributed by atoms with Gasteiger partial charge in [-0.25, -0.2) is 0 Å². The van der Waals surface area contributed by atoms with E-state index in [1.165, 1.54) is 26.4 Å². The summed E-state index contributed by atoms with van der Waals surface area (Å²) in [6, 6.07) is 13.5. The van der Waals surface area contributed by atoms with Crippen LogP contribution in [0.1, 0.15) is 17.0 Å². The van der Waals surface area contributed by atoms with Gasteiger partial charge in [0.2, 0.25) is 11.8 Å². The summed E-state index contributed by atoms with van der Waals surface area (Å²) in [4.78, 5) is 10.8. The molecule has 10 heteroatoms. The molecule has 0 aliphatic carbocycles. The molecule has 0 fully saturated rings. The molecule has 0 saturated carbocycles. The SMILES string of the molecule is COc1ccc([C@@H]2C(C#N)=C(N)Oc3n[nH]c(-c4cccc([N+](=O)[O-])c4)c32)cc1OC. The number of aromatic amines is 1. The third-order valence-electron chi connectivity index (χ3n) is 5.03. The van der Waals surface area contributed by atoms with Crippen molar-refractivity contribution in [1.82, 2.24) is 10.2 Å². The molecule has 0 spiro atoms. The molecule has 1 atom stereocenters. The van der Waals surface area contributed by atoms with Crippen LogP contribution in [0.2, 0.25) is 0 Å². The average Bonchev–Trinajstić information content (AvgIpc) is 3.20. The molecule has 1 aromatic heterocycles. The minimum atomic E-state index is -0.637. The van der Waals surface area contributed by atoms with Crippen molar-refractivity contribution >= 4 is 5.69 Å². The second kappa shape index (κ2) is 7.72. The number of nitro groups is 1. The number of non-ortho nitro benzene ring substituents is 1. The summed E-state index contributed by atoms with van der Waals surface area (Å²) in [5, 5.41) is 28.1. The molecule has 1 aliphatic rings. The lowest BCUT2D eigenvalue weighted by atomic mass is 9.83. The Morgan fingerprint density at radius 2 is 2.00 bits per heavy atom.